The first-order chi connectivity index (χ1) is 9.95. The van der Waals surface area contributed by atoms with Crippen LogP contribution in [0.5, 0.6) is 0 Å². The van der Waals surface area contributed by atoms with Crippen LogP contribution in [0.1, 0.15) is 24.8 Å². The Balaban J connectivity index is 2.15. The van der Waals surface area contributed by atoms with Crippen molar-refractivity contribution in [2.45, 2.75) is 36.8 Å². The zero-order chi connectivity index (χ0) is 15.5. The third kappa shape index (κ3) is 3.76. The predicted octanol–water partition coefficient (Wildman–Crippen LogP) is 1.27. The molecule has 1 heterocycles. The minimum Gasteiger partial charge on any atom is -0.377 e. The minimum atomic E-state index is -4.07. The normalized spacial score (nSPS) is 19.7. The van der Waals surface area contributed by atoms with Crippen molar-refractivity contribution in [3.05, 3.63) is 29.3 Å². The summed E-state index contributed by atoms with van der Waals surface area (Å²) in [5, 5.41) is 0. The van der Waals surface area contributed by atoms with E-state index in [1.807, 2.05) is 0 Å². The summed E-state index contributed by atoms with van der Waals surface area (Å²) in [6.45, 7) is 0.249. The summed E-state index contributed by atoms with van der Waals surface area (Å²) < 4.78 is 59.3. The molecule has 0 saturated carbocycles. The number of rotatable bonds is 5. The lowest BCUT2D eigenvalue weighted by atomic mass is 10.1. The van der Waals surface area contributed by atoms with Gasteiger partial charge in [0, 0.05) is 25.3 Å². The molecule has 21 heavy (non-hydrogen) atoms. The van der Waals surface area contributed by atoms with E-state index >= 15 is 0 Å². The summed E-state index contributed by atoms with van der Waals surface area (Å²) >= 11 is 0. The molecule has 1 aromatic rings. The second-order valence-corrected chi connectivity index (χ2v) is 6.62. The molecule has 1 aromatic carbocycles. The molecule has 0 aliphatic carbocycles. The number of hydrogen-bond donors (Lipinski definition) is 2. The highest BCUT2D eigenvalue weighted by Crippen LogP contribution is 2.21. The van der Waals surface area contributed by atoms with Crippen LogP contribution in [0.4, 0.5) is 8.78 Å². The van der Waals surface area contributed by atoms with Crippen LogP contribution in [-0.4, -0.2) is 27.7 Å². The summed E-state index contributed by atoms with van der Waals surface area (Å²) in [6, 6.07) is 1.80. The topological polar surface area (TPSA) is 81.4 Å². The van der Waals surface area contributed by atoms with Crippen molar-refractivity contribution in [3.8, 4) is 0 Å². The lowest BCUT2D eigenvalue weighted by Crippen LogP contribution is -2.35. The number of nitrogens with one attached hydrogen (secondary N) is 1. The van der Waals surface area contributed by atoms with Crippen molar-refractivity contribution in [2.75, 3.05) is 13.2 Å². The van der Waals surface area contributed by atoms with E-state index in [0.29, 0.717) is 6.61 Å². The van der Waals surface area contributed by atoms with Gasteiger partial charge in [0.05, 0.1) is 6.10 Å². The van der Waals surface area contributed by atoms with Gasteiger partial charge in [0.25, 0.3) is 0 Å². The monoisotopic (exact) mass is 320 g/mol. The van der Waals surface area contributed by atoms with Crippen LogP contribution in [0.15, 0.2) is 17.0 Å². The Morgan fingerprint density at radius 3 is 2.71 bits per heavy atom. The molecular weight excluding hydrogens is 302 g/mol. The quantitative estimate of drug-likeness (QED) is 0.856. The molecule has 5 nitrogen and oxygen atoms in total. The summed E-state index contributed by atoms with van der Waals surface area (Å²) in [4.78, 5) is -0.597. The van der Waals surface area contributed by atoms with E-state index in [1.54, 1.807) is 0 Å². The zero-order valence-electron chi connectivity index (χ0n) is 11.4. The fraction of sp³-hybridized carbons (Fsp3) is 0.538. The Labute approximate surface area is 122 Å². The molecule has 0 bridgehead atoms. The Kier molecular flexibility index (Phi) is 5.26. The van der Waals surface area contributed by atoms with Crippen molar-refractivity contribution < 1.29 is 21.9 Å². The van der Waals surface area contributed by atoms with Crippen molar-refractivity contribution in [3.63, 3.8) is 0 Å². The van der Waals surface area contributed by atoms with Crippen molar-refractivity contribution in [1.82, 2.24) is 4.72 Å². The van der Waals surface area contributed by atoms with Crippen molar-refractivity contribution in [2.24, 2.45) is 5.73 Å². The standard InChI is InChI=1S/C13H18F2N2O3S/c14-11-4-5-12(13(15)10(11)7-16)21(18,19)17-8-9-3-1-2-6-20-9/h4-5,9,17H,1-3,6-8,16H2. The van der Waals surface area contributed by atoms with E-state index in [0.717, 1.165) is 31.4 Å². The molecule has 1 saturated heterocycles. The molecule has 1 atom stereocenters. The van der Waals surface area contributed by atoms with Crippen LogP contribution < -0.4 is 10.5 Å². The van der Waals surface area contributed by atoms with E-state index < -0.39 is 38.7 Å². The maximum atomic E-state index is 14.0. The summed E-state index contributed by atoms with van der Waals surface area (Å²) in [6.07, 6.45) is 2.46. The smallest absolute Gasteiger partial charge is 0.243 e. The maximum Gasteiger partial charge on any atom is 0.243 e. The molecule has 1 aliphatic heterocycles. The highest BCUT2D eigenvalue weighted by atomic mass is 32.2. The Hall–Kier alpha value is -1.09. The largest absolute Gasteiger partial charge is 0.377 e. The van der Waals surface area contributed by atoms with Crippen molar-refractivity contribution >= 4 is 10.0 Å². The minimum absolute atomic E-state index is 0.0666. The van der Waals surface area contributed by atoms with Crippen LogP contribution in [0.3, 0.4) is 0 Å². The van der Waals surface area contributed by atoms with Gasteiger partial charge in [-0.1, -0.05) is 0 Å². The SMILES string of the molecule is NCc1c(F)ccc(S(=O)(=O)NCC2CCCCO2)c1F. The van der Waals surface area contributed by atoms with Gasteiger partial charge in [-0.15, -0.1) is 0 Å². The second-order valence-electron chi connectivity index (χ2n) is 4.88. The Morgan fingerprint density at radius 1 is 1.33 bits per heavy atom. The van der Waals surface area contributed by atoms with Gasteiger partial charge in [0.2, 0.25) is 10.0 Å². The number of benzene rings is 1. The fourth-order valence-corrected chi connectivity index (χ4v) is 3.39. The third-order valence-electron chi connectivity index (χ3n) is 3.42. The lowest BCUT2D eigenvalue weighted by molar-refractivity contribution is 0.0200. The molecule has 0 radical (unpaired) electrons. The van der Waals surface area contributed by atoms with Gasteiger partial charge in [-0.2, -0.15) is 0 Å². The molecule has 1 aliphatic rings. The van der Waals surface area contributed by atoms with E-state index in [-0.39, 0.29) is 12.6 Å². The van der Waals surface area contributed by atoms with Gasteiger partial charge >= 0.3 is 0 Å². The molecule has 0 aromatic heterocycles. The summed E-state index contributed by atoms with van der Waals surface area (Å²) in [5.74, 6) is -2.00. The number of sulfonamides is 1. The summed E-state index contributed by atoms with van der Waals surface area (Å²) in [7, 11) is -4.07. The van der Waals surface area contributed by atoms with Gasteiger partial charge in [-0.25, -0.2) is 21.9 Å². The Morgan fingerprint density at radius 2 is 2.10 bits per heavy atom. The molecule has 1 unspecified atom stereocenters. The first-order valence-electron chi connectivity index (χ1n) is 6.74. The summed E-state index contributed by atoms with van der Waals surface area (Å²) in [5.41, 5.74) is 4.80. The van der Waals surface area contributed by atoms with Crippen LogP contribution in [-0.2, 0) is 21.3 Å². The molecule has 1 fully saturated rings. The molecule has 2 rings (SSSR count). The highest BCUT2D eigenvalue weighted by molar-refractivity contribution is 7.89. The van der Waals surface area contributed by atoms with Gasteiger partial charge in [0.1, 0.15) is 10.7 Å². The van der Waals surface area contributed by atoms with Gasteiger partial charge < -0.3 is 10.5 Å². The van der Waals surface area contributed by atoms with E-state index in [9.17, 15) is 17.2 Å². The first-order valence-corrected chi connectivity index (χ1v) is 8.22. The molecule has 0 spiro atoms. The average Bonchev–Trinajstić information content (AvgIpc) is 2.46. The highest BCUT2D eigenvalue weighted by Gasteiger charge is 2.24. The number of hydrogen-bond acceptors (Lipinski definition) is 4. The fourth-order valence-electron chi connectivity index (χ4n) is 2.22. The molecule has 0 amide bonds. The Bertz CT molecular complexity index is 602. The second kappa shape index (κ2) is 6.78. The van der Waals surface area contributed by atoms with E-state index in [1.165, 1.54) is 0 Å². The molecule has 8 heteroatoms. The van der Waals surface area contributed by atoms with Crippen molar-refractivity contribution in [1.29, 1.82) is 0 Å². The van der Waals surface area contributed by atoms with E-state index in [2.05, 4.69) is 4.72 Å². The number of nitrogens with two attached hydrogens (primary N) is 1. The number of halogens is 2. The maximum absolute atomic E-state index is 14.0. The average molecular weight is 320 g/mol. The zero-order valence-corrected chi connectivity index (χ0v) is 12.3. The van der Waals surface area contributed by atoms with Gasteiger partial charge in [-0.3, -0.25) is 0 Å². The van der Waals surface area contributed by atoms with Crippen LogP contribution >= 0.6 is 0 Å². The lowest BCUT2D eigenvalue weighted by Gasteiger charge is -2.22. The third-order valence-corrected chi connectivity index (χ3v) is 4.86. The van der Waals surface area contributed by atoms with E-state index in [4.69, 9.17) is 10.5 Å². The number of ether oxygens (including phenoxy) is 1. The van der Waals surface area contributed by atoms with Crippen LogP contribution in [0, 0.1) is 11.6 Å². The van der Waals surface area contributed by atoms with Crippen LogP contribution in [0.25, 0.3) is 0 Å². The molecule has 118 valence electrons. The van der Waals surface area contributed by atoms with Gasteiger partial charge in [-0.05, 0) is 31.4 Å². The first kappa shape index (κ1) is 16.3. The van der Waals surface area contributed by atoms with Gasteiger partial charge in [0.15, 0.2) is 5.82 Å². The molecule has 3 N–H and O–H groups in total. The predicted molar refractivity (Wildman–Crippen MR) is 73.0 cm³/mol. The molecular formula is C13H18F2N2O3S. The van der Waals surface area contributed by atoms with Crippen LogP contribution in [0.2, 0.25) is 0 Å².